The Morgan fingerprint density at radius 3 is 2.16 bits per heavy atom. The third-order valence-electron chi connectivity index (χ3n) is 4.53. The number of amides is 2. The zero-order valence-corrected chi connectivity index (χ0v) is 16.6. The van der Waals surface area contributed by atoms with Gasteiger partial charge in [-0.05, 0) is 48.0 Å². The number of anilines is 2. The second-order valence-electron chi connectivity index (χ2n) is 6.73. The van der Waals surface area contributed by atoms with Crippen molar-refractivity contribution in [2.75, 3.05) is 10.6 Å². The highest BCUT2D eigenvalue weighted by atomic mass is 16.2. The normalized spacial score (nSPS) is 10.7. The Hall–Kier alpha value is -4.45. The molecule has 4 rings (SSSR count). The van der Waals surface area contributed by atoms with Gasteiger partial charge in [0.2, 0.25) is 5.91 Å². The van der Waals surface area contributed by atoms with E-state index in [1.165, 1.54) is 6.08 Å². The summed E-state index contributed by atoms with van der Waals surface area (Å²) in [6.07, 6.45) is 4.85. The molecule has 0 aliphatic heterocycles. The molecule has 0 unspecified atom stereocenters. The van der Waals surface area contributed by atoms with E-state index in [0.29, 0.717) is 17.1 Å². The minimum Gasteiger partial charge on any atom is -0.323 e. The van der Waals surface area contributed by atoms with Gasteiger partial charge in [0.15, 0.2) is 0 Å². The standard InChI is InChI=1S/C25H20N4O2/c30-24(16-11-19-7-3-1-4-8-19)27-21-14-12-20(13-15-21)25(31)28-23-17-18-26-29(23)22-9-5-2-6-10-22/h1-18H,(H,27,30)(H,28,31). The predicted octanol–water partition coefficient (Wildman–Crippen LogP) is 4.78. The fourth-order valence-electron chi connectivity index (χ4n) is 2.99. The van der Waals surface area contributed by atoms with Gasteiger partial charge in [-0.15, -0.1) is 0 Å². The average Bonchev–Trinajstić information content (AvgIpc) is 3.27. The van der Waals surface area contributed by atoms with Gasteiger partial charge in [-0.1, -0.05) is 48.5 Å². The van der Waals surface area contributed by atoms with Crippen LogP contribution in [0, 0.1) is 0 Å². The summed E-state index contributed by atoms with van der Waals surface area (Å²) >= 11 is 0. The molecule has 0 aliphatic carbocycles. The summed E-state index contributed by atoms with van der Waals surface area (Å²) in [6, 6.07) is 27.6. The van der Waals surface area contributed by atoms with Gasteiger partial charge in [-0.3, -0.25) is 9.59 Å². The average molecular weight is 408 g/mol. The molecule has 2 N–H and O–H groups in total. The summed E-state index contributed by atoms with van der Waals surface area (Å²) < 4.78 is 1.66. The van der Waals surface area contributed by atoms with Crippen molar-refractivity contribution >= 4 is 29.4 Å². The van der Waals surface area contributed by atoms with Crippen molar-refractivity contribution in [3.63, 3.8) is 0 Å². The highest BCUT2D eigenvalue weighted by Gasteiger charge is 2.11. The van der Waals surface area contributed by atoms with Crippen LogP contribution in [0.1, 0.15) is 15.9 Å². The molecular weight excluding hydrogens is 388 g/mol. The molecule has 0 spiro atoms. The number of carbonyl (C=O) groups is 2. The number of nitrogens with zero attached hydrogens (tertiary/aromatic N) is 2. The fraction of sp³-hybridized carbons (Fsp3) is 0. The van der Waals surface area contributed by atoms with Gasteiger partial charge >= 0.3 is 0 Å². The molecular formula is C25H20N4O2. The Labute approximate surface area is 179 Å². The van der Waals surface area contributed by atoms with Crippen LogP contribution in [0.5, 0.6) is 0 Å². The topological polar surface area (TPSA) is 76.0 Å². The quantitative estimate of drug-likeness (QED) is 0.451. The van der Waals surface area contributed by atoms with Gasteiger partial charge in [-0.25, -0.2) is 4.68 Å². The maximum absolute atomic E-state index is 12.6. The molecule has 3 aromatic carbocycles. The second kappa shape index (κ2) is 9.37. The Kier molecular flexibility index (Phi) is 6.00. The van der Waals surface area contributed by atoms with Crippen LogP contribution >= 0.6 is 0 Å². The van der Waals surface area contributed by atoms with Gasteiger partial charge in [0.1, 0.15) is 5.82 Å². The van der Waals surface area contributed by atoms with Gasteiger partial charge in [-0.2, -0.15) is 5.10 Å². The van der Waals surface area contributed by atoms with E-state index in [2.05, 4.69) is 15.7 Å². The van der Waals surface area contributed by atoms with Gasteiger partial charge < -0.3 is 10.6 Å². The molecule has 31 heavy (non-hydrogen) atoms. The van der Waals surface area contributed by atoms with E-state index in [1.807, 2.05) is 60.7 Å². The first-order valence-corrected chi connectivity index (χ1v) is 9.74. The lowest BCUT2D eigenvalue weighted by Gasteiger charge is -2.09. The summed E-state index contributed by atoms with van der Waals surface area (Å²) in [5.41, 5.74) is 2.87. The second-order valence-corrected chi connectivity index (χ2v) is 6.73. The van der Waals surface area contributed by atoms with Crippen LogP contribution in [0.15, 0.2) is 103 Å². The number of para-hydroxylation sites is 1. The van der Waals surface area contributed by atoms with Gasteiger partial charge in [0.05, 0.1) is 11.9 Å². The van der Waals surface area contributed by atoms with Crippen LogP contribution in [-0.2, 0) is 4.79 Å². The van der Waals surface area contributed by atoms with Crippen LogP contribution in [0.3, 0.4) is 0 Å². The van der Waals surface area contributed by atoms with Crippen LogP contribution < -0.4 is 10.6 Å². The molecule has 0 saturated carbocycles. The zero-order valence-electron chi connectivity index (χ0n) is 16.6. The molecule has 0 bridgehead atoms. The van der Waals surface area contributed by atoms with Crippen molar-refractivity contribution in [2.24, 2.45) is 0 Å². The van der Waals surface area contributed by atoms with Crippen LogP contribution in [0.2, 0.25) is 0 Å². The van der Waals surface area contributed by atoms with Gasteiger partial charge in [0, 0.05) is 23.4 Å². The molecule has 2 amide bonds. The van der Waals surface area contributed by atoms with Crippen molar-refractivity contribution < 1.29 is 9.59 Å². The summed E-state index contributed by atoms with van der Waals surface area (Å²) in [5.74, 6) is 0.0620. The van der Waals surface area contributed by atoms with Crippen molar-refractivity contribution in [1.82, 2.24) is 9.78 Å². The molecule has 152 valence electrons. The summed E-state index contributed by atoms with van der Waals surface area (Å²) in [4.78, 5) is 24.7. The van der Waals surface area contributed by atoms with Gasteiger partial charge in [0.25, 0.3) is 5.91 Å². The largest absolute Gasteiger partial charge is 0.323 e. The molecule has 6 heteroatoms. The zero-order chi connectivity index (χ0) is 21.5. The van der Waals surface area contributed by atoms with E-state index in [-0.39, 0.29) is 11.8 Å². The summed E-state index contributed by atoms with van der Waals surface area (Å²) in [6.45, 7) is 0. The van der Waals surface area contributed by atoms with E-state index in [4.69, 9.17) is 0 Å². The van der Waals surface area contributed by atoms with E-state index in [0.717, 1.165) is 11.3 Å². The highest BCUT2D eigenvalue weighted by molar-refractivity contribution is 6.05. The fourth-order valence-corrected chi connectivity index (χ4v) is 2.99. The Balaban J connectivity index is 1.38. The van der Waals surface area contributed by atoms with Crippen molar-refractivity contribution in [3.05, 3.63) is 114 Å². The minimum absolute atomic E-state index is 0.243. The third-order valence-corrected chi connectivity index (χ3v) is 4.53. The number of carbonyl (C=O) groups excluding carboxylic acids is 2. The lowest BCUT2D eigenvalue weighted by Crippen LogP contribution is -2.15. The van der Waals surface area contributed by atoms with Crippen LogP contribution in [0.4, 0.5) is 11.5 Å². The van der Waals surface area contributed by atoms with Crippen molar-refractivity contribution in [1.29, 1.82) is 0 Å². The van der Waals surface area contributed by atoms with Crippen LogP contribution in [0.25, 0.3) is 11.8 Å². The molecule has 0 atom stereocenters. The number of benzene rings is 3. The number of hydrogen-bond acceptors (Lipinski definition) is 3. The molecule has 0 saturated heterocycles. The molecule has 4 aromatic rings. The smallest absolute Gasteiger partial charge is 0.256 e. The Morgan fingerprint density at radius 1 is 0.774 bits per heavy atom. The SMILES string of the molecule is O=C(C=Cc1ccccc1)Nc1ccc(C(=O)Nc2ccnn2-c2ccccc2)cc1. The predicted molar refractivity (Wildman–Crippen MR) is 122 cm³/mol. The molecule has 0 fully saturated rings. The molecule has 6 nitrogen and oxygen atoms in total. The first-order valence-electron chi connectivity index (χ1n) is 9.74. The maximum Gasteiger partial charge on any atom is 0.256 e. The molecule has 1 heterocycles. The number of nitrogens with one attached hydrogen (secondary N) is 2. The lowest BCUT2D eigenvalue weighted by molar-refractivity contribution is -0.111. The minimum atomic E-state index is -0.264. The summed E-state index contributed by atoms with van der Waals surface area (Å²) in [7, 11) is 0. The monoisotopic (exact) mass is 408 g/mol. The Bertz CT molecular complexity index is 1200. The molecule has 1 aromatic heterocycles. The lowest BCUT2D eigenvalue weighted by atomic mass is 10.2. The Morgan fingerprint density at radius 2 is 1.45 bits per heavy atom. The van der Waals surface area contributed by atoms with Crippen LogP contribution in [-0.4, -0.2) is 21.6 Å². The van der Waals surface area contributed by atoms with Crippen molar-refractivity contribution in [3.8, 4) is 5.69 Å². The van der Waals surface area contributed by atoms with E-state index < -0.39 is 0 Å². The first kappa shape index (κ1) is 19.8. The number of hydrogen-bond donors (Lipinski definition) is 2. The summed E-state index contributed by atoms with van der Waals surface area (Å²) in [5, 5.41) is 9.92. The third kappa shape index (κ3) is 5.13. The van der Waals surface area contributed by atoms with E-state index >= 15 is 0 Å². The molecule has 0 aliphatic rings. The number of rotatable bonds is 6. The highest BCUT2D eigenvalue weighted by Crippen LogP contribution is 2.16. The molecule has 0 radical (unpaired) electrons. The van der Waals surface area contributed by atoms with E-state index in [9.17, 15) is 9.59 Å². The maximum atomic E-state index is 12.6. The van der Waals surface area contributed by atoms with E-state index in [1.54, 1.807) is 47.3 Å². The van der Waals surface area contributed by atoms with Crippen molar-refractivity contribution in [2.45, 2.75) is 0 Å². The number of aromatic nitrogens is 2. The first-order chi connectivity index (χ1) is 15.2.